The first-order chi connectivity index (χ1) is 9.84. The SMILES string of the molecule is CNC(c1cc(C)ccc1F)C1CCCCC1C(F)(F)F. The molecule has 3 atom stereocenters. The average Bonchev–Trinajstić information content (AvgIpc) is 2.43. The summed E-state index contributed by atoms with van der Waals surface area (Å²) in [7, 11) is 1.61. The number of rotatable bonds is 3. The Kier molecular flexibility index (Phi) is 4.91. The summed E-state index contributed by atoms with van der Waals surface area (Å²) in [5.74, 6) is -2.41. The highest BCUT2D eigenvalue weighted by Gasteiger charge is 2.48. The molecule has 1 nitrogen and oxygen atoms in total. The van der Waals surface area contributed by atoms with Crippen molar-refractivity contribution in [2.45, 2.75) is 44.8 Å². The molecule has 0 saturated heterocycles. The van der Waals surface area contributed by atoms with Gasteiger partial charge in [0.05, 0.1) is 5.92 Å². The van der Waals surface area contributed by atoms with Gasteiger partial charge in [0, 0.05) is 11.6 Å². The Bertz CT molecular complexity index is 484. The first-order valence-corrected chi connectivity index (χ1v) is 7.34. The maximum absolute atomic E-state index is 14.1. The smallest absolute Gasteiger partial charge is 0.313 e. The van der Waals surface area contributed by atoms with E-state index in [1.54, 1.807) is 19.2 Å². The van der Waals surface area contributed by atoms with E-state index in [2.05, 4.69) is 5.32 Å². The summed E-state index contributed by atoms with van der Waals surface area (Å²) in [6.45, 7) is 1.82. The molecule has 3 unspecified atom stereocenters. The Labute approximate surface area is 122 Å². The highest BCUT2D eigenvalue weighted by molar-refractivity contribution is 5.27. The third-order valence-electron chi connectivity index (χ3n) is 4.47. The summed E-state index contributed by atoms with van der Waals surface area (Å²) in [5, 5.41) is 2.92. The van der Waals surface area contributed by atoms with Gasteiger partial charge in [-0.25, -0.2) is 4.39 Å². The highest BCUT2D eigenvalue weighted by Crippen LogP contribution is 2.46. The largest absolute Gasteiger partial charge is 0.392 e. The summed E-state index contributed by atoms with van der Waals surface area (Å²) in [6, 6.07) is 4.02. The van der Waals surface area contributed by atoms with Crippen LogP contribution < -0.4 is 5.32 Å². The molecule has 0 aromatic heterocycles. The third-order valence-corrected chi connectivity index (χ3v) is 4.47. The number of nitrogens with one attached hydrogen (secondary N) is 1. The fourth-order valence-corrected chi connectivity index (χ4v) is 3.47. The zero-order chi connectivity index (χ0) is 15.6. The molecule has 5 heteroatoms. The number of alkyl halides is 3. The Morgan fingerprint density at radius 1 is 1.19 bits per heavy atom. The second-order valence-corrected chi connectivity index (χ2v) is 5.89. The predicted molar refractivity (Wildman–Crippen MR) is 74.4 cm³/mol. The van der Waals surface area contributed by atoms with Crippen LogP contribution in [0.4, 0.5) is 17.6 Å². The molecule has 0 radical (unpaired) electrons. The molecule has 0 bridgehead atoms. The van der Waals surface area contributed by atoms with Crippen LogP contribution in [0.25, 0.3) is 0 Å². The third kappa shape index (κ3) is 3.57. The van der Waals surface area contributed by atoms with E-state index in [-0.39, 0.29) is 6.42 Å². The molecule has 0 heterocycles. The molecule has 1 N–H and O–H groups in total. The number of hydrogen-bond acceptors (Lipinski definition) is 1. The van der Waals surface area contributed by atoms with Gasteiger partial charge in [0.15, 0.2) is 0 Å². The van der Waals surface area contributed by atoms with E-state index in [0.29, 0.717) is 18.4 Å². The van der Waals surface area contributed by atoms with Gasteiger partial charge in [-0.05, 0) is 38.8 Å². The quantitative estimate of drug-likeness (QED) is 0.794. The lowest BCUT2D eigenvalue weighted by atomic mass is 9.73. The van der Waals surface area contributed by atoms with E-state index >= 15 is 0 Å². The lowest BCUT2D eigenvalue weighted by Gasteiger charge is -2.38. The molecule has 2 rings (SSSR count). The van der Waals surface area contributed by atoms with Crippen LogP contribution >= 0.6 is 0 Å². The summed E-state index contributed by atoms with van der Waals surface area (Å²) in [4.78, 5) is 0. The predicted octanol–water partition coefficient (Wildman–Crippen LogP) is 4.76. The molecule has 118 valence electrons. The van der Waals surface area contributed by atoms with Gasteiger partial charge in [-0.1, -0.05) is 30.5 Å². The molecule has 1 fully saturated rings. The van der Waals surface area contributed by atoms with Crippen LogP contribution in [-0.4, -0.2) is 13.2 Å². The molecule has 1 aromatic carbocycles. The van der Waals surface area contributed by atoms with E-state index in [9.17, 15) is 17.6 Å². The van der Waals surface area contributed by atoms with Crippen LogP contribution in [0.5, 0.6) is 0 Å². The summed E-state index contributed by atoms with van der Waals surface area (Å²) < 4.78 is 53.9. The molecule has 0 aliphatic heterocycles. The zero-order valence-corrected chi connectivity index (χ0v) is 12.3. The minimum absolute atomic E-state index is 0.139. The van der Waals surface area contributed by atoms with Crippen LogP contribution in [-0.2, 0) is 0 Å². The standard InChI is InChI=1S/C16H21F4N/c1-10-7-8-14(17)12(9-10)15(21-2)11-5-3-4-6-13(11)16(18,19)20/h7-9,11,13,15,21H,3-6H2,1-2H3. The van der Waals surface area contributed by atoms with Gasteiger partial charge in [-0.3, -0.25) is 0 Å². The second-order valence-electron chi connectivity index (χ2n) is 5.89. The van der Waals surface area contributed by atoms with E-state index < -0.39 is 29.9 Å². The van der Waals surface area contributed by atoms with Crippen LogP contribution in [0.3, 0.4) is 0 Å². The van der Waals surface area contributed by atoms with Crippen LogP contribution in [0.15, 0.2) is 18.2 Å². The maximum atomic E-state index is 14.1. The van der Waals surface area contributed by atoms with Crippen LogP contribution in [0.1, 0.15) is 42.9 Å². The van der Waals surface area contributed by atoms with Gasteiger partial charge >= 0.3 is 6.18 Å². The van der Waals surface area contributed by atoms with Crippen LogP contribution in [0, 0.1) is 24.6 Å². The Morgan fingerprint density at radius 2 is 1.86 bits per heavy atom. The van der Waals surface area contributed by atoms with Crippen molar-refractivity contribution in [2.24, 2.45) is 11.8 Å². The second kappa shape index (κ2) is 6.34. The van der Waals surface area contributed by atoms with Gasteiger partial charge in [0.1, 0.15) is 5.82 Å². The van der Waals surface area contributed by atoms with E-state index in [1.165, 1.54) is 6.07 Å². The fraction of sp³-hybridized carbons (Fsp3) is 0.625. The first-order valence-electron chi connectivity index (χ1n) is 7.34. The lowest BCUT2D eigenvalue weighted by Crippen LogP contribution is -2.40. The van der Waals surface area contributed by atoms with E-state index in [0.717, 1.165) is 12.0 Å². The molecule has 1 aromatic rings. The first kappa shape index (κ1) is 16.3. The van der Waals surface area contributed by atoms with Crippen LogP contribution in [0.2, 0.25) is 0 Å². The average molecular weight is 303 g/mol. The monoisotopic (exact) mass is 303 g/mol. The topological polar surface area (TPSA) is 12.0 Å². The molecule has 1 saturated carbocycles. The van der Waals surface area contributed by atoms with Crippen molar-refractivity contribution in [1.82, 2.24) is 5.32 Å². The normalized spacial score (nSPS) is 24.9. The summed E-state index contributed by atoms with van der Waals surface area (Å²) in [6.07, 6.45) is -2.25. The van der Waals surface area contributed by atoms with Crippen molar-refractivity contribution < 1.29 is 17.6 Å². The minimum atomic E-state index is -4.22. The van der Waals surface area contributed by atoms with Gasteiger partial charge in [0.2, 0.25) is 0 Å². The number of aryl methyl sites for hydroxylation is 1. The summed E-state index contributed by atoms with van der Waals surface area (Å²) in [5.41, 5.74) is 1.20. The Balaban J connectivity index is 2.36. The van der Waals surface area contributed by atoms with Crippen molar-refractivity contribution >= 4 is 0 Å². The van der Waals surface area contributed by atoms with Crippen molar-refractivity contribution in [3.63, 3.8) is 0 Å². The Hall–Kier alpha value is -1.10. The molecule has 21 heavy (non-hydrogen) atoms. The maximum Gasteiger partial charge on any atom is 0.392 e. The molecule has 1 aliphatic rings. The number of halogens is 4. The molecular weight excluding hydrogens is 282 g/mol. The van der Waals surface area contributed by atoms with E-state index in [4.69, 9.17) is 0 Å². The lowest BCUT2D eigenvalue weighted by molar-refractivity contribution is -0.199. The molecule has 0 amide bonds. The minimum Gasteiger partial charge on any atom is -0.313 e. The van der Waals surface area contributed by atoms with Gasteiger partial charge in [0.25, 0.3) is 0 Å². The molecule has 1 aliphatic carbocycles. The Morgan fingerprint density at radius 3 is 2.48 bits per heavy atom. The highest BCUT2D eigenvalue weighted by atomic mass is 19.4. The van der Waals surface area contributed by atoms with Crippen molar-refractivity contribution in [3.05, 3.63) is 35.1 Å². The summed E-state index contributed by atoms with van der Waals surface area (Å²) >= 11 is 0. The molecular formula is C16H21F4N. The van der Waals surface area contributed by atoms with E-state index in [1.807, 2.05) is 6.92 Å². The fourth-order valence-electron chi connectivity index (χ4n) is 3.47. The molecule has 0 spiro atoms. The van der Waals surface area contributed by atoms with Gasteiger partial charge in [-0.15, -0.1) is 0 Å². The van der Waals surface area contributed by atoms with Crippen molar-refractivity contribution in [1.29, 1.82) is 0 Å². The number of benzene rings is 1. The van der Waals surface area contributed by atoms with Crippen molar-refractivity contribution in [3.8, 4) is 0 Å². The zero-order valence-electron chi connectivity index (χ0n) is 12.3. The van der Waals surface area contributed by atoms with Gasteiger partial charge in [-0.2, -0.15) is 13.2 Å². The van der Waals surface area contributed by atoms with Gasteiger partial charge < -0.3 is 5.32 Å². The van der Waals surface area contributed by atoms with Crippen molar-refractivity contribution in [2.75, 3.05) is 7.05 Å². The number of hydrogen-bond donors (Lipinski definition) is 1.